The van der Waals surface area contributed by atoms with E-state index in [1.54, 1.807) is 26.2 Å². The number of benzene rings is 2. The Bertz CT molecular complexity index is 776. The van der Waals surface area contributed by atoms with Crippen LogP contribution in [0, 0.1) is 13.8 Å². The van der Waals surface area contributed by atoms with Crippen molar-refractivity contribution in [2.75, 3.05) is 7.11 Å². The van der Waals surface area contributed by atoms with Crippen molar-refractivity contribution >= 4 is 17.5 Å². The highest BCUT2D eigenvalue weighted by molar-refractivity contribution is 6.31. The van der Waals surface area contributed by atoms with Crippen LogP contribution in [0.5, 0.6) is 11.5 Å². The van der Waals surface area contributed by atoms with Crippen LogP contribution < -0.4 is 14.8 Å². The molecule has 26 heavy (non-hydrogen) atoms. The Balaban J connectivity index is 2.05. The molecule has 2 aromatic carbocycles. The number of aryl methyl sites for hydroxylation is 2. The van der Waals surface area contributed by atoms with Gasteiger partial charge in [-0.15, -0.1) is 0 Å². The Labute approximate surface area is 160 Å². The lowest BCUT2D eigenvalue weighted by Crippen LogP contribution is -2.38. The minimum atomic E-state index is -0.607. The molecule has 0 unspecified atom stereocenters. The number of rotatable bonds is 7. The third-order valence-electron chi connectivity index (χ3n) is 4.36. The lowest BCUT2D eigenvalue weighted by molar-refractivity contribution is -0.128. The van der Waals surface area contributed by atoms with Crippen LogP contribution in [0.4, 0.5) is 0 Å². The summed E-state index contributed by atoms with van der Waals surface area (Å²) in [6.07, 6.45) is 0.175. The van der Waals surface area contributed by atoms with Crippen LogP contribution in [0.1, 0.15) is 43.0 Å². The second-order valence-corrected chi connectivity index (χ2v) is 6.78. The van der Waals surface area contributed by atoms with Crippen LogP contribution >= 0.6 is 11.6 Å². The first-order valence-corrected chi connectivity index (χ1v) is 9.11. The van der Waals surface area contributed by atoms with Gasteiger partial charge in [0.2, 0.25) is 0 Å². The minimum absolute atomic E-state index is 0.0786. The van der Waals surface area contributed by atoms with Gasteiger partial charge in [0, 0.05) is 5.02 Å². The Morgan fingerprint density at radius 2 is 1.88 bits per heavy atom. The molecule has 0 fully saturated rings. The summed E-state index contributed by atoms with van der Waals surface area (Å²) in [5, 5.41) is 3.74. The third kappa shape index (κ3) is 4.92. The predicted octanol–water partition coefficient (Wildman–Crippen LogP) is 5.00. The number of carbonyl (C=O) groups excluding carboxylic acids is 1. The van der Waals surface area contributed by atoms with Gasteiger partial charge in [-0.2, -0.15) is 0 Å². The molecule has 4 nitrogen and oxygen atoms in total. The van der Waals surface area contributed by atoms with Crippen molar-refractivity contribution in [2.45, 2.75) is 46.3 Å². The van der Waals surface area contributed by atoms with E-state index >= 15 is 0 Å². The van der Waals surface area contributed by atoms with Crippen LogP contribution in [-0.4, -0.2) is 19.1 Å². The van der Waals surface area contributed by atoms with Crippen LogP contribution in [0.2, 0.25) is 5.02 Å². The summed E-state index contributed by atoms with van der Waals surface area (Å²) in [6, 6.07) is 11.2. The van der Waals surface area contributed by atoms with E-state index < -0.39 is 6.10 Å². The van der Waals surface area contributed by atoms with Crippen molar-refractivity contribution in [1.82, 2.24) is 5.32 Å². The lowest BCUT2D eigenvalue weighted by atomic mass is 10.0. The van der Waals surface area contributed by atoms with E-state index in [0.717, 1.165) is 28.9 Å². The molecule has 140 valence electrons. The number of hydrogen-bond donors (Lipinski definition) is 1. The van der Waals surface area contributed by atoms with Crippen molar-refractivity contribution in [3.63, 3.8) is 0 Å². The Hall–Kier alpha value is -2.20. The summed E-state index contributed by atoms with van der Waals surface area (Å²) in [5.41, 5.74) is 3.00. The van der Waals surface area contributed by atoms with Crippen LogP contribution in [0.3, 0.4) is 0 Å². The zero-order chi connectivity index (χ0) is 19.3. The molecule has 0 aliphatic heterocycles. The maximum atomic E-state index is 12.6. The van der Waals surface area contributed by atoms with Crippen LogP contribution in [0.25, 0.3) is 0 Å². The van der Waals surface area contributed by atoms with E-state index in [9.17, 15) is 4.79 Å². The van der Waals surface area contributed by atoms with Gasteiger partial charge < -0.3 is 14.8 Å². The van der Waals surface area contributed by atoms with E-state index in [-0.39, 0.29) is 11.9 Å². The highest BCUT2D eigenvalue weighted by atomic mass is 35.5. The lowest BCUT2D eigenvalue weighted by Gasteiger charge is -2.22. The summed E-state index contributed by atoms with van der Waals surface area (Å²) >= 11 is 6.03. The molecule has 5 heteroatoms. The number of amides is 1. The summed E-state index contributed by atoms with van der Waals surface area (Å²) in [5.74, 6) is 1.31. The second-order valence-electron chi connectivity index (χ2n) is 6.37. The molecule has 0 aliphatic carbocycles. The fraction of sp³-hybridized carbons (Fsp3) is 0.381. The highest BCUT2D eigenvalue weighted by Crippen LogP contribution is 2.25. The average Bonchev–Trinajstić information content (AvgIpc) is 2.62. The summed E-state index contributed by atoms with van der Waals surface area (Å²) < 4.78 is 11.1. The predicted molar refractivity (Wildman–Crippen MR) is 105 cm³/mol. The van der Waals surface area contributed by atoms with Crippen molar-refractivity contribution in [2.24, 2.45) is 0 Å². The summed E-state index contributed by atoms with van der Waals surface area (Å²) in [4.78, 5) is 12.6. The van der Waals surface area contributed by atoms with E-state index in [4.69, 9.17) is 21.1 Å². The smallest absolute Gasteiger partial charge is 0.261 e. The topological polar surface area (TPSA) is 47.6 Å². The van der Waals surface area contributed by atoms with Crippen molar-refractivity contribution in [3.05, 3.63) is 58.1 Å². The third-order valence-corrected chi connectivity index (χ3v) is 4.78. The Morgan fingerprint density at radius 3 is 2.46 bits per heavy atom. The molecule has 1 amide bonds. The van der Waals surface area contributed by atoms with Gasteiger partial charge in [-0.25, -0.2) is 0 Å². The van der Waals surface area contributed by atoms with Gasteiger partial charge in [0.25, 0.3) is 5.91 Å². The number of halogens is 1. The van der Waals surface area contributed by atoms with Crippen molar-refractivity contribution < 1.29 is 14.3 Å². The molecular weight excluding hydrogens is 350 g/mol. The second kappa shape index (κ2) is 8.95. The van der Waals surface area contributed by atoms with Crippen LogP contribution in [0.15, 0.2) is 36.4 Å². The molecule has 0 aliphatic rings. The normalized spacial score (nSPS) is 13.0. The van der Waals surface area contributed by atoms with E-state index in [1.165, 1.54) is 0 Å². The first kappa shape index (κ1) is 20.1. The monoisotopic (exact) mass is 375 g/mol. The van der Waals surface area contributed by atoms with Gasteiger partial charge in [0.05, 0.1) is 13.2 Å². The maximum absolute atomic E-state index is 12.6. The number of carbonyl (C=O) groups is 1. The molecule has 2 rings (SSSR count). The van der Waals surface area contributed by atoms with Crippen molar-refractivity contribution in [3.8, 4) is 11.5 Å². The molecule has 0 aromatic heterocycles. The van der Waals surface area contributed by atoms with E-state index in [2.05, 4.69) is 5.32 Å². The number of hydrogen-bond acceptors (Lipinski definition) is 3. The fourth-order valence-electron chi connectivity index (χ4n) is 2.78. The molecule has 0 bridgehead atoms. The van der Waals surface area contributed by atoms with Gasteiger partial charge in [0.1, 0.15) is 11.5 Å². The largest absolute Gasteiger partial charge is 0.496 e. The SMILES string of the molecule is CC[C@@H](NC(=O)[C@H](C)Oc1ccc(Cl)c(C)c1)c1ccc(OC)c(C)c1. The molecule has 2 aromatic rings. The molecule has 0 spiro atoms. The molecule has 1 N–H and O–H groups in total. The summed E-state index contributed by atoms with van der Waals surface area (Å²) in [6.45, 7) is 7.67. The van der Waals surface area contributed by atoms with Crippen LogP contribution in [-0.2, 0) is 4.79 Å². The Morgan fingerprint density at radius 1 is 1.15 bits per heavy atom. The molecule has 2 atom stereocenters. The van der Waals surface area contributed by atoms with Gasteiger partial charge in [-0.05, 0) is 68.1 Å². The number of nitrogens with one attached hydrogen (secondary N) is 1. The minimum Gasteiger partial charge on any atom is -0.496 e. The molecule has 0 saturated heterocycles. The summed E-state index contributed by atoms with van der Waals surface area (Å²) in [7, 11) is 1.65. The maximum Gasteiger partial charge on any atom is 0.261 e. The first-order valence-electron chi connectivity index (χ1n) is 8.73. The van der Waals surface area contributed by atoms with E-state index in [0.29, 0.717) is 10.8 Å². The molecular formula is C21H26ClNO3. The molecule has 0 saturated carbocycles. The van der Waals surface area contributed by atoms with E-state index in [1.807, 2.05) is 45.0 Å². The zero-order valence-electron chi connectivity index (χ0n) is 15.9. The first-order chi connectivity index (χ1) is 12.3. The standard InChI is InChI=1S/C21H26ClNO3/c1-6-19(16-7-10-20(25-5)14(3)11-16)23-21(24)15(4)26-17-8-9-18(22)13(2)12-17/h7-12,15,19H,6H2,1-5H3,(H,23,24)/t15-,19+/m0/s1. The zero-order valence-corrected chi connectivity index (χ0v) is 16.7. The molecule has 0 radical (unpaired) electrons. The van der Waals surface area contributed by atoms with Gasteiger partial charge in [0.15, 0.2) is 6.10 Å². The van der Waals surface area contributed by atoms with Gasteiger partial charge >= 0.3 is 0 Å². The number of ether oxygens (including phenoxy) is 2. The fourth-order valence-corrected chi connectivity index (χ4v) is 2.89. The highest BCUT2D eigenvalue weighted by Gasteiger charge is 2.20. The van der Waals surface area contributed by atoms with Gasteiger partial charge in [-0.1, -0.05) is 30.7 Å². The Kier molecular flexibility index (Phi) is 6.92. The van der Waals surface area contributed by atoms with Crippen molar-refractivity contribution in [1.29, 1.82) is 0 Å². The number of methoxy groups -OCH3 is 1. The molecule has 0 heterocycles. The average molecular weight is 376 g/mol. The van der Waals surface area contributed by atoms with Gasteiger partial charge in [-0.3, -0.25) is 4.79 Å². The quantitative estimate of drug-likeness (QED) is 0.740.